The van der Waals surface area contributed by atoms with Gasteiger partial charge in [-0.1, -0.05) is 25.7 Å². The van der Waals surface area contributed by atoms with Crippen LogP contribution >= 0.6 is 0 Å². The first kappa shape index (κ1) is 8.94. The lowest BCUT2D eigenvalue weighted by molar-refractivity contribution is -0.114. The molecule has 13 heavy (non-hydrogen) atoms. The van der Waals surface area contributed by atoms with Crippen molar-refractivity contribution in [1.82, 2.24) is 0 Å². The second-order valence-electron chi connectivity index (χ2n) is 4.97. The van der Waals surface area contributed by atoms with E-state index in [2.05, 4.69) is 25.7 Å². The fraction of sp³-hybridized carbons (Fsp3) is 0.545. The molecule has 70 valence electrons. The zero-order valence-corrected chi connectivity index (χ0v) is 9.61. The van der Waals surface area contributed by atoms with E-state index in [1.54, 1.807) is 0 Å². The van der Waals surface area contributed by atoms with Gasteiger partial charge in [0.15, 0.2) is 5.78 Å². The van der Waals surface area contributed by atoms with Crippen LogP contribution in [-0.4, -0.2) is 13.9 Å². The van der Waals surface area contributed by atoms with Crippen LogP contribution in [0, 0.1) is 0 Å². The molecule has 0 radical (unpaired) electrons. The van der Waals surface area contributed by atoms with Crippen molar-refractivity contribution in [3.8, 4) is 0 Å². The minimum atomic E-state index is -1.38. The van der Waals surface area contributed by atoms with Crippen molar-refractivity contribution in [1.29, 1.82) is 0 Å². The molecule has 2 aliphatic carbocycles. The molecule has 0 saturated heterocycles. The van der Waals surface area contributed by atoms with Crippen molar-refractivity contribution in [2.24, 2.45) is 0 Å². The van der Waals surface area contributed by atoms with E-state index in [-0.39, 0.29) is 0 Å². The largest absolute Gasteiger partial charge is 0.295 e. The molecule has 0 aromatic carbocycles. The van der Waals surface area contributed by atoms with Crippen LogP contribution in [0.15, 0.2) is 22.4 Å². The lowest BCUT2D eigenvalue weighted by Gasteiger charge is -2.18. The summed E-state index contributed by atoms with van der Waals surface area (Å²) in [6, 6.07) is 0. The first-order valence-corrected chi connectivity index (χ1v) is 8.46. The van der Waals surface area contributed by atoms with Gasteiger partial charge >= 0.3 is 0 Å². The molecule has 0 aromatic rings. The number of carbonyl (C=O) groups excluding carboxylic acids is 1. The second-order valence-corrected chi connectivity index (χ2v) is 9.97. The Morgan fingerprint density at radius 2 is 2.00 bits per heavy atom. The molecular formula is C11H16OSi. The Labute approximate surface area is 80.5 Å². The number of ketones is 1. The van der Waals surface area contributed by atoms with Gasteiger partial charge in [0, 0.05) is 6.42 Å². The Balaban J connectivity index is 2.50. The second kappa shape index (κ2) is 2.68. The van der Waals surface area contributed by atoms with Crippen molar-refractivity contribution in [3.63, 3.8) is 0 Å². The highest BCUT2D eigenvalue weighted by atomic mass is 28.3. The predicted octanol–water partition coefficient (Wildman–Crippen LogP) is 2.85. The molecule has 0 fully saturated rings. The van der Waals surface area contributed by atoms with Gasteiger partial charge in [0.2, 0.25) is 0 Å². The Bertz CT molecular complexity index is 328. The number of Topliss-reactive ketones (excluding diaryl/α,β-unsaturated/α-hetero) is 1. The van der Waals surface area contributed by atoms with Crippen LogP contribution < -0.4 is 0 Å². The monoisotopic (exact) mass is 192 g/mol. The molecule has 0 amide bonds. The lowest BCUT2D eigenvalue weighted by Crippen LogP contribution is -2.28. The lowest BCUT2D eigenvalue weighted by atomic mass is 10.2. The van der Waals surface area contributed by atoms with Crippen LogP contribution in [0.5, 0.6) is 0 Å². The zero-order valence-electron chi connectivity index (χ0n) is 8.61. The van der Waals surface area contributed by atoms with Crippen LogP contribution in [-0.2, 0) is 4.79 Å². The van der Waals surface area contributed by atoms with Gasteiger partial charge in [-0.15, -0.1) is 0 Å². The number of hydrogen-bond donors (Lipinski definition) is 0. The van der Waals surface area contributed by atoms with Gasteiger partial charge in [0.25, 0.3) is 0 Å². The van der Waals surface area contributed by atoms with E-state index in [9.17, 15) is 4.79 Å². The molecule has 2 aliphatic rings. The van der Waals surface area contributed by atoms with Gasteiger partial charge in [-0.05, 0) is 29.2 Å². The van der Waals surface area contributed by atoms with Crippen LogP contribution in [0.2, 0.25) is 19.6 Å². The van der Waals surface area contributed by atoms with E-state index in [1.165, 1.54) is 16.3 Å². The third-order valence-corrected chi connectivity index (χ3v) is 4.93. The maximum absolute atomic E-state index is 11.8. The molecule has 2 heteroatoms. The zero-order chi connectivity index (χ0) is 9.64. The van der Waals surface area contributed by atoms with Gasteiger partial charge in [-0.2, -0.15) is 0 Å². The molecular weight excluding hydrogens is 176 g/mol. The number of allylic oxidation sites excluding steroid dienone is 4. The summed E-state index contributed by atoms with van der Waals surface area (Å²) in [5.41, 5.74) is 2.77. The highest BCUT2D eigenvalue weighted by Gasteiger charge is 2.36. The van der Waals surface area contributed by atoms with E-state index in [1.807, 2.05) is 0 Å². The van der Waals surface area contributed by atoms with E-state index in [4.69, 9.17) is 0 Å². The summed E-state index contributed by atoms with van der Waals surface area (Å²) >= 11 is 0. The Morgan fingerprint density at radius 3 is 2.62 bits per heavy atom. The van der Waals surface area contributed by atoms with Crippen molar-refractivity contribution < 1.29 is 4.79 Å². The van der Waals surface area contributed by atoms with E-state index in [0.29, 0.717) is 12.2 Å². The first-order chi connectivity index (χ1) is 6.00. The molecule has 0 spiro atoms. The summed E-state index contributed by atoms with van der Waals surface area (Å²) < 4.78 is 0. The van der Waals surface area contributed by atoms with E-state index >= 15 is 0 Å². The summed E-state index contributed by atoms with van der Waals surface area (Å²) in [5, 5.41) is 1.23. The standard InChI is InChI=1S/C11H16OSi/c1-13(2,3)11-9-6-4-5-8(9)7-10(11)12/h5H,4,6-7H2,1-3H3. The fourth-order valence-corrected chi connectivity index (χ4v) is 4.56. The summed E-state index contributed by atoms with van der Waals surface area (Å²) in [6.07, 6.45) is 5.24. The molecule has 0 aromatic heterocycles. The minimum Gasteiger partial charge on any atom is -0.295 e. The van der Waals surface area contributed by atoms with Gasteiger partial charge in [0.1, 0.15) is 0 Å². The van der Waals surface area contributed by atoms with E-state index in [0.717, 1.165) is 12.8 Å². The Hall–Kier alpha value is -0.633. The number of hydrogen-bond acceptors (Lipinski definition) is 1. The fourth-order valence-electron chi connectivity index (χ4n) is 2.44. The first-order valence-electron chi connectivity index (χ1n) is 4.96. The highest BCUT2D eigenvalue weighted by Crippen LogP contribution is 2.40. The third-order valence-electron chi connectivity index (χ3n) is 2.85. The van der Waals surface area contributed by atoms with Gasteiger partial charge < -0.3 is 0 Å². The molecule has 0 bridgehead atoms. The molecule has 2 rings (SSSR count). The highest BCUT2D eigenvalue weighted by molar-refractivity contribution is 6.87. The van der Waals surface area contributed by atoms with Crippen LogP contribution in [0.3, 0.4) is 0 Å². The van der Waals surface area contributed by atoms with Crippen molar-refractivity contribution in [2.45, 2.75) is 38.9 Å². The maximum Gasteiger partial charge on any atom is 0.159 e. The van der Waals surface area contributed by atoms with Crippen LogP contribution in [0.25, 0.3) is 0 Å². The molecule has 0 N–H and O–H groups in total. The van der Waals surface area contributed by atoms with Crippen LogP contribution in [0.1, 0.15) is 19.3 Å². The van der Waals surface area contributed by atoms with Gasteiger partial charge in [0.05, 0.1) is 8.07 Å². The quantitative estimate of drug-likeness (QED) is 0.584. The van der Waals surface area contributed by atoms with Gasteiger partial charge in [-0.25, -0.2) is 0 Å². The van der Waals surface area contributed by atoms with Gasteiger partial charge in [-0.3, -0.25) is 4.79 Å². The van der Waals surface area contributed by atoms with Crippen molar-refractivity contribution in [3.05, 3.63) is 22.4 Å². The smallest absolute Gasteiger partial charge is 0.159 e. The molecule has 0 atom stereocenters. The Kier molecular flexibility index (Phi) is 1.84. The normalized spacial score (nSPS) is 22.4. The third kappa shape index (κ3) is 1.33. The topological polar surface area (TPSA) is 17.1 Å². The number of rotatable bonds is 1. The average molecular weight is 192 g/mol. The molecule has 0 heterocycles. The van der Waals surface area contributed by atoms with E-state index < -0.39 is 8.07 Å². The van der Waals surface area contributed by atoms with Crippen LogP contribution in [0.4, 0.5) is 0 Å². The SMILES string of the molecule is C[Si](C)(C)C1=C2CCC=C2CC1=O. The maximum atomic E-state index is 11.8. The molecule has 1 nitrogen and oxygen atoms in total. The molecule has 0 saturated carbocycles. The minimum absolute atomic E-state index is 0.417. The molecule has 0 aliphatic heterocycles. The predicted molar refractivity (Wildman–Crippen MR) is 57.3 cm³/mol. The van der Waals surface area contributed by atoms with Crippen molar-refractivity contribution in [2.75, 3.05) is 0 Å². The van der Waals surface area contributed by atoms with Crippen molar-refractivity contribution >= 4 is 13.9 Å². The Morgan fingerprint density at radius 1 is 1.31 bits per heavy atom. The molecule has 0 unspecified atom stereocenters. The number of carbonyl (C=O) groups is 1. The summed E-state index contributed by atoms with van der Waals surface area (Å²) in [6.45, 7) is 6.82. The summed E-state index contributed by atoms with van der Waals surface area (Å²) in [4.78, 5) is 11.8. The summed E-state index contributed by atoms with van der Waals surface area (Å²) in [5.74, 6) is 0.417. The number of fused-ring (bicyclic) bond motifs is 1. The average Bonchev–Trinajstić information content (AvgIpc) is 2.41. The summed E-state index contributed by atoms with van der Waals surface area (Å²) in [7, 11) is -1.38.